The summed E-state index contributed by atoms with van der Waals surface area (Å²) in [5, 5.41) is 0. The second-order valence-corrected chi connectivity index (χ2v) is 14.9. The number of likely N-dealkylation sites (tertiary alicyclic amines) is 2. The summed E-state index contributed by atoms with van der Waals surface area (Å²) in [5.41, 5.74) is 0. The highest BCUT2D eigenvalue weighted by Gasteiger charge is 2.23. The van der Waals surface area contributed by atoms with E-state index in [0.29, 0.717) is 84.2 Å². The Labute approximate surface area is 328 Å². The molecule has 2 aliphatic rings. The molecule has 0 bridgehead atoms. The van der Waals surface area contributed by atoms with E-state index in [9.17, 15) is 28.8 Å². The molecule has 316 valence electrons. The molecule has 55 heavy (non-hydrogen) atoms. The van der Waals surface area contributed by atoms with Gasteiger partial charge in [0, 0.05) is 45.9 Å². The molecule has 0 atom stereocenters. The van der Waals surface area contributed by atoms with E-state index in [4.69, 9.17) is 28.4 Å². The minimum atomic E-state index is -0.354. The average Bonchev–Trinajstić information content (AvgIpc) is 3.16. The van der Waals surface area contributed by atoms with Crippen molar-refractivity contribution in [3.63, 3.8) is 0 Å². The predicted molar refractivity (Wildman–Crippen MR) is 205 cm³/mol. The summed E-state index contributed by atoms with van der Waals surface area (Å²) in [6, 6.07) is 0. The number of rotatable bonds is 31. The van der Waals surface area contributed by atoms with Crippen LogP contribution >= 0.6 is 0 Å². The number of carbonyl (C=O) groups is 6. The molecular formula is C41H70N2O12. The number of esters is 5. The van der Waals surface area contributed by atoms with Crippen LogP contribution < -0.4 is 0 Å². The summed E-state index contributed by atoms with van der Waals surface area (Å²) < 4.78 is 30.8. The summed E-state index contributed by atoms with van der Waals surface area (Å²) in [4.78, 5) is 75.0. The van der Waals surface area contributed by atoms with E-state index in [1.54, 1.807) is 0 Å². The van der Waals surface area contributed by atoms with Crippen LogP contribution in [0.25, 0.3) is 0 Å². The number of hydrogen-bond donors (Lipinski definition) is 0. The van der Waals surface area contributed by atoms with E-state index in [2.05, 4.69) is 9.80 Å². The molecule has 14 nitrogen and oxygen atoms in total. The van der Waals surface area contributed by atoms with Crippen LogP contribution in [0.1, 0.15) is 129 Å². The van der Waals surface area contributed by atoms with Gasteiger partial charge in [0.2, 0.25) is 0 Å². The molecule has 0 aromatic carbocycles. The molecule has 0 spiro atoms. The van der Waals surface area contributed by atoms with Crippen molar-refractivity contribution in [1.82, 2.24) is 9.80 Å². The van der Waals surface area contributed by atoms with E-state index >= 15 is 0 Å². The molecule has 0 saturated carbocycles. The molecule has 14 heteroatoms. The lowest BCUT2D eigenvalue weighted by molar-refractivity contribution is -0.147. The summed E-state index contributed by atoms with van der Waals surface area (Å²) in [7, 11) is 1.53. The Hall–Kier alpha value is -3.10. The van der Waals surface area contributed by atoms with Crippen LogP contribution in [0.4, 0.5) is 0 Å². The lowest BCUT2D eigenvalue weighted by Crippen LogP contribution is -2.36. The molecule has 2 heterocycles. The second-order valence-electron chi connectivity index (χ2n) is 14.9. The lowest BCUT2D eigenvalue weighted by Gasteiger charge is -2.33. The van der Waals surface area contributed by atoms with Crippen LogP contribution in [0.3, 0.4) is 0 Å². The third kappa shape index (κ3) is 26.4. The monoisotopic (exact) mass is 782 g/mol. The number of nitrogens with zero attached hydrogens (tertiary/aromatic N) is 2. The van der Waals surface area contributed by atoms with Crippen molar-refractivity contribution in [2.24, 2.45) is 11.8 Å². The van der Waals surface area contributed by atoms with Crippen molar-refractivity contribution in [1.29, 1.82) is 0 Å². The molecule has 0 amide bonds. The molecule has 0 aliphatic carbocycles. The number of carbonyl (C=O) groups excluding carboxylic acids is 6. The SMILES string of the molecule is COCCOC(=O)CCCC(=O)OCCCCOC(=O)CCN1CCC(CCCC2CCN(CCC(=O)OCCCCOC(=O)CCCC(C)=O)CC2)CC1. The van der Waals surface area contributed by atoms with Gasteiger partial charge in [0.15, 0.2) is 0 Å². The van der Waals surface area contributed by atoms with Gasteiger partial charge in [-0.2, -0.15) is 0 Å². The third-order valence-corrected chi connectivity index (χ3v) is 10.3. The first-order chi connectivity index (χ1) is 26.6. The van der Waals surface area contributed by atoms with Gasteiger partial charge in [0.05, 0.1) is 45.9 Å². The first-order valence-electron chi connectivity index (χ1n) is 20.9. The summed E-state index contributed by atoms with van der Waals surface area (Å²) in [6.07, 6.45) is 13.7. The molecule has 0 radical (unpaired) electrons. The molecule has 0 aromatic heterocycles. The minimum absolute atomic E-state index is 0.0729. The van der Waals surface area contributed by atoms with Crippen molar-refractivity contribution < 1.29 is 57.2 Å². The fourth-order valence-corrected chi connectivity index (χ4v) is 6.80. The van der Waals surface area contributed by atoms with Gasteiger partial charge in [0.1, 0.15) is 12.4 Å². The van der Waals surface area contributed by atoms with Crippen LogP contribution in [-0.2, 0) is 57.2 Å². The topological polar surface area (TPSA) is 164 Å². The number of piperidine rings is 2. The summed E-state index contributed by atoms with van der Waals surface area (Å²) in [5.74, 6) is 0.231. The zero-order chi connectivity index (χ0) is 39.9. The number of unbranched alkanes of at least 4 members (excludes halogenated alkanes) is 2. The molecule has 0 aromatic rings. The predicted octanol–water partition coefficient (Wildman–Crippen LogP) is 5.21. The Balaban J connectivity index is 1.37. The molecular weight excluding hydrogens is 712 g/mol. The van der Waals surface area contributed by atoms with Crippen molar-refractivity contribution in [3.8, 4) is 0 Å². The highest BCUT2D eigenvalue weighted by Crippen LogP contribution is 2.27. The molecule has 2 saturated heterocycles. The lowest BCUT2D eigenvalue weighted by atomic mass is 9.87. The van der Waals surface area contributed by atoms with Gasteiger partial charge in [-0.15, -0.1) is 0 Å². The van der Waals surface area contributed by atoms with E-state index in [0.717, 1.165) is 51.1 Å². The molecule has 2 aliphatic heterocycles. The van der Waals surface area contributed by atoms with E-state index in [1.165, 1.54) is 59.0 Å². The van der Waals surface area contributed by atoms with E-state index in [-0.39, 0.29) is 68.1 Å². The Morgan fingerprint density at radius 2 is 0.782 bits per heavy atom. The first-order valence-corrected chi connectivity index (χ1v) is 20.9. The number of ketones is 1. The molecule has 2 fully saturated rings. The Morgan fingerprint density at radius 3 is 1.15 bits per heavy atom. The largest absolute Gasteiger partial charge is 0.466 e. The maximum absolute atomic E-state index is 12.2. The van der Waals surface area contributed by atoms with Crippen molar-refractivity contribution in [2.75, 3.05) is 86.0 Å². The maximum Gasteiger partial charge on any atom is 0.307 e. The van der Waals surface area contributed by atoms with Crippen molar-refractivity contribution in [3.05, 3.63) is 0 Å². The molecule has 0 N–H and O–H groups in total. The zero-order valence-corrected chi connectivity index (χ0v) is 33.9. The van der Waals surface area contributed by atoms with Gasteiger partial charge in [-0.25, -0.2) is 0 Å². The van der Waals surface area contributed by atoms with Crippen molar-refractivity contribution in [2.45, 2.75) is 129 Å². The maximum atomic E-state index is 12.2. The number of ether oxygens (including phenoxy) is 6. The minimum Gasteiger partial charge on any atom is -0.466 e. The Morgan fingerprint density at radius 1 is 0.436 bits per heavy atom. The number of methoxy groups -OCH3 is 1. The Kier molecular flexibility index (Phi) is 27.1. The van der Waals surface area contributed by atoms with Gasteiger partial charge in [0.25, 0.3) is 0 Å². The van der Waals surface area contributed by atoms with E-state index in [1.807, 2.05) is 0 Å². The van der Waals surface area contributed by atoms with Gasteiger partial charge < -0.3 is 43.0 Å². The molecule has 0 unspecified atom stereocenters. The van der Waals surface area contributed by atoms with Gasteiger partial charge in [-0.05, 0) is 109 Å². The van der Waals surface area contributed by atoms with E-state index < -0.39 is 0 Å². The fourth-order valence-electron chi connectivity index (χ4n) is 6.80. The van der Waals surface area contributed by atoms with Gasteiger partial charge >= 0.3 is 29.8 Å². The quantitative estimate of drug-likeness (QED) is 0.0511. The van der Waals surface area contributed by atoms with Gasteiger partial charge in [-0.1, -0.05) is 19.3 Å². The number of hydrogen-bond acceptors (Lipinski definition) is 14. The Bertz CT molecular complexity index is 1100. The summed E-state index contributed by atoms with van der Waals surface area (Å²) in [6.45, 7) is 8.87. The highest BCUT2D eigenvalue weighted by atomic mass is 16.6. The number of Topliss-reactive ketones (excluding diaryl/α,β-unsaturated/α-hetero) is 1. The first kappa shape index (κ1) is 48.0. The van der Waals surface area contributed by atoms with Crippen molar-refractivity contribution >= 4 is 35.6 Å². The average molecular weight is 783 g/mol. The standard InChI is InChI=1S/C41H70N2O12/c1-34(44)10-7-13-37(45)51-28-3-5-30-53-40(48)20-26-42-22-16-35(17-23-42)11-8-12-36-18-24-43(25-19-36)27-21-41(49)54-31-6-4-29-52-38(46)14-9-15-39(47)55-33-32-50-2/h35-36H,3-33H2,1-2H3. The zero-order valence-electron chi connectivity index (χ0n) is 33.9. The third-order valence-electron chi connectivity index (χ3n) is 10.3. The normalized spacial score (nSPS) is 15.7. The molecule has 2 rings (SSSR count). The van der Waals surface area contributed by atoms with Crippen LogP contribution in [0.15, 0.2) is 0 Å². The van der Waals surface area contributed by atoms with Crippen LogP contribution in [-0.4, -0.2) is 131 Å². The smallest absolute Gasteiger partial charge is 0.307 e. The second kappa shape index (κ2) is 31.0. The van der Waals surface area contributed by atoms with Crippen LogP contribution in [0.5, 0.6) is 0 Å². The van der Waals surface area contributed by atoms with Crippen LogP contribution in [0, 0.1) is 11.8 Å². The summed E-state index contributed by atoms with van der Waals surface area (Å²) >= 11 is 0. The van der Waals surface area contributed by atoms with Crippen LogP contribution in [0.2, 0.25) is 0 Å². The fraction of sp³-hybridized carbons (Fsp3) is 0.854. The highest BCUT2D eigenvalue weighted by molar-refractivity contribution is 5.76. The van der Waals surface area contributed by atoms with Gasteiger partial charge in [-0.3, -0.25) is 24.0 Å².